The Morgan fingerprint density at radius 2 is 2.22 bits per heavy atom. The van der Waals surface area contributed by atoms with E-state index in [0.717, 1.165) is 32.5 Å². The molecule has 2 aromatic rings. The van der Waals surface area contributed by atoms with Crippen molar-refractivity contribution in [3.8, 4) is 5.88 Å². The van der Waals surface area contributed by atoms with E-state index in [4.69, 9.17) is 9.47 Å². The minimum Gasteiger partial charge on any atom is -0.474 e. The van der Waals surface area contributed by atoms with E-state index in [1.165, 1.54) is 4.88 Å². The van der Waals surface area contributed by atoms with Crippen LogP contribution >= 0.6 is 11.3 Å². The molecular formula is C17H20N2O3S. The Hall–Kier alpha value is -1.92. The Morgan fingerprint density at radius 3 is 2.91 bits per heavy atom. The highest BCUT2D eigenvalue weighted by atomic mass is 32.1. The van der Waals surface area contributed by atoms with Gasteiger partial charge < -0.3 is 14.8 Å². The molecule has 5 nitrogen and oxygen atoms in total. The number of aromatic nitrogens is 1. The standard InChI is InChI=1S/C17H20N2O3S/c20-17(18-8-5-15-2-1-11-23-15)13-3-4-16(19-12-13)22-14-6-9-21-10-7-14/h1-4,11-12,14H,5-10H2,(H,18,20). The molecular weight excluding hydrogens is 312 g/mol. The van der Waals surface area contributed by atoms with Crippen molar-refractivity contribution < 1.29 is 14.3 Å². The smallest absolute Gasteiger partial charge is 0.252 e. The lowest BCUT2D eigenvalue weighted by Crippen LogP contribution is -2.27. The van der Waals surface area contributed by atoms with Crippen LogP contribution in [0.1, 0.15) is 28.1 Å². The second kappa shape index (κ2) is 8.08. The largest absolute Gasteiger partial charge is 0.474 e. The predicted octanol–water partition coefficient (Wildman–Crippen LogP) is 2.67. The highest BCUT2D eigenvalue weighted by molar-refractivity contribution is 7.09. The molecule has 1 amide bonds. The third-order valence-corrected chi connectivity index (χ3v) is 4.63. The monoisotopic (exact) mass is 332 g/mol. The zero-order chi connectivity index (χ0) is 15.9. The van der Waals surface area contributed by atoms with Gasteiger partial charge in [0.1, 0.15) is 6.10 Å². The Bertz CT molecular complexity index is 607. The number of pyridine rings is 1. The molecule has 122 valence electrons. The topological polar surface area (TPSA) is 60.5 Å². The van der Waals surface area contributed by atoms with Crippen LogP contribution in [0.25, 0.3) is 0 Å². The number of thiophene rings is 1. The second-order valence-electron chi connectivity index (χ2n) is 5.40. The van der Waals surface area contributed by atoms with Crippen LogP contribution in [-0.2, 0) is 11.2 Å². The van der Waals surface area contributed by atoms with Crippen LogP contribution in [0.4, 0.5) is 0 Å². The molecule has 0 aromatic carbocycles. The van der Waals surface area contributed by atoms with E-state index in [0.29, 0.717) is 18.0 Å². The summed E-state index contributed by atoms with van der Waals surface area (Å²) in [7, 11) is 0. The molecule has 1 aliphatic rings. The molecule has 3 rings (SSSR count). The van der Waals surface area contributed by atoms with E-state index < -0.39 is 0 Å². The first kappa shape index (κ1) is 16.0. The van der Waals surface area contributed by atoms with E-state index in [2.05, 4.69) is 16.4 Å². The van der Waals surface area contributed by atoms with Crippen LogP contribution in [0, 0.1) is 0 Å². The van der Waals surface area contributed by atoms with Crippen molar-refractivity contribution in [3.63, 3.8) is 0 Å². The first-order valence-corrected chi connectivity index (χ1v) is 8.70. The lowest BCUT2D eigenvalue weighted by molar-refractivity contribution is 0.0237. The van der Waals surface area contributed by atoms with Crippen molar-refractivity contribution in [2.45, 2.75) is 25.4 Å². The minimum absolute atomic E-state index is 0.105. The molecule has 0 spiro atoms. The summed E-state index contributed by atoms with van der Waals surface area (Å²) in [6, 6.07) is 7.59. The van der Waals surface area contributed by atoms with Crippen molar-refractivity contribution in [1.82, 2.24) is 10.3 Å². The van der Waals surface area contributed by atoms with Crippen LogP contribution in [0.2, 0.25) is 0 Å². The minimum atomic E-state index is -0.105. The van der Waals surface area contributed by atoms with Crippen molar-refractivity contribution in [1.29, 1.82) is 0 Å². The van der Waals surface area contributed by atoms with Crippen molar-refractivity contribution in [2.75, 3.05) is 19.8 Å². The fourth-order valence-corrected chi connectivity index (χ4v) is 3.11. The van der Waals surface area contributed by atoms with Gasteiger partial charge in [-0.2, -0.15) is 0 Å². The normalized spacial score (nSPS) is 15.3. The fraction of sp³-hybridized carbons (Fsp3) is 0.412. The number of rotatable bonds is 6. The summed E-state index contributed by atoms with van der Waals surface area (Å²) in [6.07, 6.45) is 4.33. The maximum atomic E-state index is 12.1. The van der Waals surface area contributed by atoms with Gasteiger partial charge in [0.2, 0.25) is 5.88 Å². The number of nitrogens with zero attached hydrogens (tertiary/aromatic N) is 1. The Kier molecular flexibility index (Phi) is 5.60. The van der Waals surface area contributed by atoms with Gasteiger partial charge in [-0.25, -0.2) is 4.98 Å². The summed E-state index contributed by atoms with van der Waals surface area (Å²) < 4.78 is 11.1. The summed E-state index contributed by atoms with van der Waals surface area (Å²) in [6.45, 7) is 2.09. The molecule has 0 saturated carbocycles. The molecule has 2 aromatic heterocycles. The lowest BCUT2D eigenvalue weighted by Gasteiger charge is -2.22. The Balaban J connectivity index is 1.46. The van der Waals surface area contributed by atoms with Crippen molar-refractivity contribution in [3.05, 3.63) is 46.3 Å². The number of hydrogen-bond acceptors (Lipinski definition) is 5. The molecule has 3 heterocycles. The SMILES string of the molecule is O=C(NCCc1cccs1)c1ccc(OC2CCOCC2)nc1. The van der Waals surface area contributed by atoms with E-state index in [1.807, 2.05) is 11.4 Å². The third kappa shape index (κ3) is 4.77. The number of amides is 1. The number of hydrogen-bond donors (Lipinski definition) is 1. The third-order valence-electron chi connectivity index (χ3n) is 3.69. The molecule has 23 heavy (non-hydrogen) atoms. The average Bonchev–Trinajstić information content (AvgIpc) is 3.10. The van der Waals surface area contributed by atoms with E-state index in [1.54, 1.807) is 29.7 Å². The van der Waals surface area contributed by atoms with Gasteiger partial charge in [-0.05, 0) is 23.9 Å². The predicted molar refractivity (Wildman–Crippen MR) is 89.1 cm³/mol. The van der Waals surface area contributed by atoms with Crippen molar-refractivity contribution in [2.24, 2.45) is 0 Å². The average molecular weight is 332 g/mol. The van der Waals surface area contributed by atoms with Crippen LogP contribution in [0.15, 0.2) is 35.8 Å². The maximum Gasteiger partial charge on any atom is 0.252 e. The summed E-state index contributed by atoms with van der Waals surface area (Å²) in [5, 5.41) is 4.95. The molecule has 0 aliphatic carbocycles. The number of carbonyl (C=O) groups excluding carboxylic acids is 1. The molecule has 0 unspecified atom stereocenters. The van der Waals surface area contributed by atoms with Crippen LogP contribution in [0.5, 0.6) is 5.88 Å². The molecule has 0 atom stereocenters. The zero-order valence-electron chi connectivity index (χ0n) is 12.9. The first-order chi connectivity index (χ1) is 11.3. The summed E-state index contributed by atoms with van der Waals surface area (Å²) in [4.78, 5) is 17.6. The van der Waals surface area contributed by atoms with Crippen molar-refractivity contribution >= 4 is 17.2 Å². The van der Waals surface area contributed by atoms with Gasteiger partial charge >= 0.3 is 0 Å². The molecule has 1 fully saturated rings. The molecule has 1 saturated heterocycles. The molecule has 1 N–H and O–H groups in total. The first-order valence-electron chi connectivity index (χ1n) is 7.82. The summed E-state index contributed by atoms with van der Waals surface area (Å²) >= 11 is 1.70. The van der Waals surface area contributed by atoms with Crippen LogP contribution in [-0.4, -0.2) is 36.8 Å². The van der Waals surface area contributed by atoms with Gasteiger partial charge in [0.25, 0.3) is 5.91 Å². The highest BCUT2D eigenvalue weighted by Gasteiger charge is 2.16. The molecule has 1 aliphatic heterocycles. The van der Waals surface area contributed by atoms with Gasteiger partial charge in [-0.15, -0.1) is 11.3 Å². The van der Waals surface area contributed by atoms with Gasteiger partial charge in [0, 0.05) is 36.5 Å². The Morgan fingerprint density at radius 1 is 1.35 bits per heavy atom. The van der Waals surface area contributed by atoms with E-state index in [9.17, 15) is 4.79 Å². The maximum absolute atomic E-state index is 12.1. The Labute approximate surface area is 139 Å². The van der Waals surface area contributed by atoms with Crippen LogP contribution in [0.3, 0.4) is 0 Å². The molecule has 0 radical (unpaired) electrons. The fourth-order valence-electron chi connectivity index (χ4n) is 2.41. The number of nitrogens with one attached hydrogen (secondary N) is 1. The highest BCUT2D eigenvalue weighted by Crippen LogP contribution is 2.16. The number of ether oxygens (including phenoxy) is 2. The summed E-state index contributed by atoms with van der Waals surface area (Å²) in [5.74, 6) is 0.457. The summed E-state index contributed by atoms with van der Waals surface area (Å²) in [5.41, 5.74) is 0.551. The molecule has 0 bridgehead atoms. The van der Waals surface area contributed by atoms with Gasteiger partial charge in [0.05, 0.1) is 18.8 Å². The lowest BCUT2D eigenvalue weighted by atomic mass is 10.1. The number of carbonyl (C=O) groups is 1. The second-order valence-corrected chi connectivity index (χ2v) is 6.43. The van der Waals surface area contributed by atoms with Gasteiger partial charge in [0.15, 0.2) is 0 Å². The van der Waals surface area contributed by atoms with Gasteiger partial charge in [-0.3, -0.25) is 4.79 Å². The van der Waals surface area contributed by atoms with Crippen LogP contribution < -0.4 is 10.1 Å². The van der Waals surface area contributed by atoms with E-state index >= 15 is 0 Å². The van der Waals surface area contributed by atoms with E-state index in [-0.39, 0.29) is 12.0 Å². The quantitative estimate of drug-likeness (QED) is 0.883. The van der Waals surface area contributed by atoms with Gasteiger partial charge in [-0.1, -0.05) is 6.07 Å². The zero-order valence-corrected chi connectivity index (χ0v) is 13.7. The molecule has 6 heteroatoms.